The Morgan fingerprint density at radius 3 is 3.04 bits per heavy atom. The predicted octanol–water partition coefficient (Wildman–Crippen LogP) is 3.99. The summed E-state index contributed by atoms with van der Waals surface area (Å²) < 4.78 is 18.8. The van der Waals surface area contributed by atoms with Gasteiger partial charge in [0.1, 0.15) is 11.6 Å². The van der Waals surface area contributed by atoms with E-state index >= 15 is 0 Å². The summed E-state index contributed by atoms with van der Waals surface area (Å²) in [5, 5.41) is 6.83. The molecule has 1 fully saturated rings. The largest absolute Gasteiger partial charge is 0.339 e. The van der Waals surface area contributed by atoms with Crippen LogP contribution in [0.2, 0.25) is 0 Å². The summed E-state index contributed by atoms with van der Waals surface area (Å²) in [4.78, 5) is 23.0. The molecule has 3 heterocycles. The van der Waals surface area contributed by atoms with Gasteiger partial charge in [-0.1, -0.05) is 23.4 Å². The highest BCUT2D eigenvalue weighted by Crippen LogP contribution is 2.28. The fourth-order valence-electron chi connectivity index (χ4n) is 3.31. The number of carbonyl (C=O) groups excluding carboxylic acids is 1. The van der Waals surface area contributed by atoms with Crippen molar-refractivity contribution in [1.82, 2.24) is 20.0 Å². The number of benzene rings is 1. The fraction of sp³-hybridized carbons (Fsp3) is 0.300. The number of anilines is 1. The number of urea groups is 1. The SMILES string of the molecule is Cc1cccnc1NC(=O)N1CCCC(c2nc(-c3cccc(F)c3)no2)C1. The molecular weight excluding hydrogens is 361 g/mol. The zero-order valence-electron chi connectivity index (χ0n) is 15.4. The molecule has 3 aromatic rings. The van der Waals surface area contributed by atoms with E-state index in [1.807, 2.05) is 19.1 Å². The van der Waals surface area contributed by atoms with Crippen LogP contribution in [0.25, 0.3) is 11.4 Å². The summed E-state index contributed by atoms with van der Waals surface area (Å²) in [6.07, 6.45) is 3.32. The van der Waals surface area contributed by atoms with Gasteiger partial charge >= 0.3 is 6.03 Å². The lowest BCUT2D eigenvalue weighted by molar-refractivity contribution is 0.184. The molecule has 4 rings (SSSR count). The first-order chi connectivity index (χ1) is 13.6. The number of hydrogen-bond donors (Lipinski definition) is 1. The van der Waals surface area contributed by atoms with E-state index in [0.29, 0.717) is 36.2 Å². The molecule has 1 aliphatic rings. The van der Waals surface area contributed by atoms with Crippen LogP contribution in [0, 0.1) is 12.7 Å². The van der Waals surface area contributed by atoms with Crippen LogP contribution in [0.15, 0.2) is 47.1 Å². The van der Waals surface area contributed by atoms with Gasteiger partial charge in [0, 0.05) is 24.8 Å². The van der Waals surface area contributed by atoms with Gasteiger partial charge in [0.15, 0.2) is 0 Å². The molecule has 0 bridgehead atoms. The zero-order valence-corrected chi connectivity index (χ0v) is 15.4. The maximum absolute atomic E-state index is 13.4. The van der Waals surface area contributed by atoms with Crippen molar-refractivity contribution in [3.8, 4) is 11.4 Å². The molecule has 0 spiro atoms. The molecule has 0 aliphatic carbocycles. The smallest absolute Gasteiger partial charge is 0.323 e. The van der Waals surface area contributed by atoms with Gasteiger partial charge in [-0.2, -0.15) is 4.98 Å². The van der Waals surface area contributed by atoms with Crippen LogP contribution >= 0.6 is 0 Å². The van der Waals surface area contributed by atoms with Crippen molar-refractivity contribution in [2.75, 3.05) is 18.4 Å². The molecule has 0 saturated carbocycles. The van der Waals surface area contributed by atoms with E-state index in [0.717, 1.165) is 18.4 Å². The summed E-state index contributed by atoms with van der Waals surface area (Å²) in [5.41, 5.74) is 1.46. The van der Waals surface area contributed by atoms with Crippen molar-refractivity contribution < 1.29 is 13.7 Å². The van der Waals surface area contributed by atoms with E-state index in [9.17, 15) is 9.18 Å². The second-order valence-electron chi connectivity index (χ2n) is 6.85. The van der Waals surface area contributed by atoms with Crippen LogP contribution in [-0.4, -0.2) is 39.1 Å². The highest BCUT2D eigenvalue weighted by atomic mass is 19.1. The predicted molar refractivity (Wildman–Crippen MR) is 101 cm³/mol. The number of rotatable bonds is 3. The number of amides is 2. The fourth-order valence-corrected chi connectivity index (χ4v) is 3.31. The molecule has 2 aromatic heterocycles. The topological polar surface area (TPSA) is 84.2 Å². The van der Waals surface area contributed by atoms with Crippen molar-refractivity contribution in [2.45, 2.75) is 25.7 Å². The molecule has 0 radical (unpaired) electrons. The molecule has 7 nitrogen and oxygen atoms in total. The van der Waals surface area contributed by atoms with Crippen LogP contribution in [0.3, 0.4) is 0 Å². The first kappa shape index (κ1) is 18.1. The van der Waals surface area contributed by atoms with Crippen molar-refractivity contribution in [1.29, 1.82) is 0 Å². The lowest BCUT2D eigenvalue weighted by atomic mass is 9.98. The Kier molecular flexibility index (Phi) is 5.01. The van der Waals surface area contributed by atoms with Gasteiger partial charge in [-0.05, 0) is 43.5 Å². The van der Waals surface area contributed by atoms with Gasteiger partial charge in [0.25, 0.3) is 0 Å². The molecule has 1 saturated heterocycles. The molecule has 8 heteroatoms. The summed E-state index contributed by atoms with van der Waals surface area (Å²) in [6.45, 7) is 3.02. The minimum absolute atomic E-state index is 0.0564. The zero-order chi connectivity index (χ0) is 19.5. The lowest BCUT2D eigenvalue weighted by Crippen LogP contribution is -2.41. The van der Waals surface area contributed by atoms with E-state index in [4.69, 9.17) is 4.52 Å². The van der Waals surface area contributed by atoms with Crippen molar-refractivity contribution in [3.05, 3.63) is 59.9 Å². The van der Waals surface area contributed by atoms with Crippen molar-refractivity contribution >= 4 is 11.8 Å². The van der Waals surface area contributed by atoms with Gasteiger partial charge < -0.3 is 9.42 Å². The highest BCUT2D eigenvalue weighted by molar-refractivity contribution is 5.89. The summed E-state index contributed by atoms with van der Waals surface area (Å²) in [5.74, 6) is 0.958. The number of hydrogen-bond acceptors (Lipinski definition) is 5. The minimum Gasteiger partial charge on any atom is -0.339 e. The maximum atomic E-state index is 13.4. The van der Waals surface area contributed by atoms with Crippen LogP contribution < -0.4 is 5.32 Å². The number of piperidine rings is 1. The number of aromatic nitrogens is 3. The molecule has 2 amide bonds. The Hall–Kier alpha value is -3.29. The van der Waals surface area contributed by atoms with Crippen molar-refractivity contribution in [2.24, 2.45) is 0 Å². The van der Waals surface area contributed by atoms with Crippen LogP contribution in [0.1, 0.15) is 30.2 Å². The standard InChI is InChI=1S/C20H20FN5O2/c1-13-5-3-9-22-17(13)24-20(27)26-10-4-7-15(12-26)19-23-18(25-28-19)14-6-2-8-16(21)11-14/h2-3,5-6,8-9,11,15H,4,7,10,12H2,1H3,(H,22,24,27). The number of pyridine rings is 1. The average Bonchev–Trinajstić information content (AvgIpc) is 3.20. The van der Waals surface area contributed by atoms with E-state index in [-0.39, 0.29) is 17.8 Å². The quantitative estimate of drug-likeness (QED) is 0.742. The van der Waals surface area contributed by atoms with Gasteiger partial charge in [0.2, 0.25) is 11.7 Å². The third-order valence-electron chi connectivity index (χ3n) is 4.82. The Labute approximate surface area is 161 Å². The van der Waals surface area contributed by atoms with E-state index < -0.39 is 0 Å². The third-order valence-corrected chi connectivity index (χ3v) is 4.82. The summed E-state index contributed by atoms with van der Waals surface area (Å²) in [7, 11) is 0. The number of halogens is 1. The number of likely N-dealkylation sites (tertiary alicyclic amines) is 1. The maximum Gasteiger partial charge on any atom is 0.323 e. The van der Waals surface area contributed by atoms with Gasteiger partial charge in [0.05, 0.1) is 5.92 Å². The summed E-state index contributed by atoms with van der Waals surface area (Å²) in [6, 6.07) is 9.59. The molecule has 1 unspecified atom stereocenters. The molecule has 28 heavy (non-hydrogen) atoms. The number of carbonyl (C=O) groups is 1. The average molecular weight is 381 g/mol. The van der Waals surface area contributed by atoms with Crippen LogP contribution in [0.4, 0.5) is 15.0 Å². The molecule has 1 aliphatic heterocycles. The number of nitrogens with zero attached hydrogens (tertiary/aromatic N) is 4. The third kappa shape index (κ3) is 3.85. The Balaban J connectivity index is 1.45. The number of nitrogens with one attached hydrogen (secondary N) is 1. The Morgan fingerprint density at radius 1 is 1.32 bits per heavy atom. The normalized spacial score (nSPS) is 16.8. The molecule has 144 valence electrons. The Bertz CT molecular complexity index is 990. The van der Waals surface area contributed by atoms with Gasteiger partial charge in [-0.15, -0.1) is 0 Å². The second-order valence-corrected chi connectivity index (χ2v) is 6.85. The van der Waals surface area contributed by atoms with Gasteiger partial charge in [-0.3, -0.25) is 5.32 Å². The molecule has 1 atom stereocenters. The first-order valence-corrected chi connectivity index (χ1v) is 9.17. The molecule has 1 N–H and O–H groups in total. The Morgan fingerprint density at radius 2 is 2.21 bits per heavy atom. The van der Waals surface area contributed by atoms with E-state index in [1.54, 1.807) is 23.2 Å². The highest BCUT2D eigenvalue weighted by Gasteiger charge is 2.29. The van der Waals surface area contributed by atoms with Crippen molar-refractivity contribution in [3.63, 3.8) is 0 Å². The summed E-state index contributed by atoms with van der Waals surface area (Å²) >= 11 is 0. The molecule has 1 aromatic carbocycles. The van der Waals surface area contributed by atoms with Crippen LogP contribution in [0.5, 0.6) is 0 Å². The number of aryl methyl sites for hydroxylation is 1. The monoisotopic (exact) mass is 381 g/mol. The van der Waals surface area contributed by atoms with E-state index in [2.05, 4.69) is 20.4 Å². The van der Waals surface area contributed by atoms with Crippen LogP contribution in [-0.2, 0) is 0 Å². The molecular formula is C20H20FN5O2. The minimum atomic E-state index is -0.353. The van der Waals surface area contributed by atoms with Gasteiger partial charge in [-0.25, -0.2) is 14.2 Å². The van der Waals surface area contributed by atoms with E-state index in [1.165, 1.54) is 12.1 Å². The second kappa shape index (κ2) is 7.75. The first-order valence-electron chi connectivity index (χ1n) is 9.17. The lowest BCUT2D eigenvalue weighted by Gasteiger charge is -2.31.